The van der Waals surface area contributed by atoms with Crippen molar-refractivity contribution in [1.29, 1.82) is 0 Å². The summed E-state index contributed by atoms with van der Waals surface area (Å²) in [5.74, 6) is 2.16. The number of rotatable bonds is 38. The van der Waals surface area contributed by atoms with E-state index in [-0.39, 0.29) is 38.6 Å². The molecule has 0 heterocycles. The lowest BCUT2D eigenvalue weighted by atomic mass is 9.91. The molecule has 0 bridgehead atoms. The monoisotopic (exact) mass is 707 g/mol. The van der Waals surface area contributed by atoms with Crippen molar-refractivity contribution in [3.63, 3.8) is 0 Å². The topological polar surface area (TPSA) is 128 Å². The summed E-state index contributed by atoms with van der Waals surface area (Å²) in [5.41, 5.74) is 0. The average Bonchev–Trinajstić information content (AvgIpc) is 3.06. The SMILES string of the molecule is CC(C)CCC[C@@H](C)CCC[C@@H](C)CCCC(C)CCOC(=O)CCC(=O)OCCOCCOCCOCCOCCOCCOCCO. The Morgan fingerprint density at radius 3 is 1.08 bits per heavy atom. The molecular formula is C38H74O11. The Morgan fingerprint density at radius 1 is 0.408 bits per heavy atom. The molecule has 0 aromatic heterocycles. The fraction of sp³-hybridized carbons (Fsp3) is 0.947. The number of carbonyl (C=O) groups is 2. The van der Waals surface area contributed by atoms with Crippen LogP contribution < -0.4 is 0 Å². The summed E-state index contributed by atoms with van der Waals surface area (Å²) in [7, 11) is 0. The standard InChI is InChI=1S/C38H74O11/c1-33(2)9-6-10-34(3)11-7-12-35(4)13-8-14-36(5)17-19-48-37(40)15-16-38(41)49-32-31-47-30-29-46-28-27-45-26-25-44-24-23-43-22-21-42-20-18-39/h33-36,39H,6-32H2,1-5H3/t34-,35-,36?/m1/s1. The lowest BCUT2D eigenvalue weighted by molar-refractivity contribution is -0.151. The predicted octanol–water partition coefficient (Wildman–Crippen LogP) is 6.41. The Morgan fingerprint density at radius 2 is 0.714 bits per heavy atom. The quantitative estimate of drug-likeness (QED) is 0.0565. The molecule has 0 radical (unpaired) electrons. The van der Waals surface area contributed by atoms with Crippen LogP contribution in [0.25, 0.3) is 0 Å². The zero-order valence-corrected chi connectivity index (χ0v) is 31.9. The molecule has 0 aliphatic carbocycles. The Hall–Kier alpha value is -1.34. The van der Waals surface area contributed by atoms with E-state index in [2.05, 4.69) is 34.6 Å². The van der Waals surface area contributed by atoms with Crippen LogP contribution in [-0.4, -0.2) is 116 Å². The van der Waals surface area contributed by atoms with Gasteiger partial charge in [0.25, 0.3) is 0 Å². The van der Waals surface area contributed by atoms with Crippen molar-refractivity contribution in [2.75, 3.05) is 99.1 Å². The first kappa shape index (κ1) is 47.7. The van der Waals surface area contributed by atoms with Crippen LogP contribution in [0, 0.1) is 23.7 Å². The van der Waals surface area contributed by atoms with E-state index in [1.165, 1.54) is 51.4 Å². The third kappa shape index (κ3) is 37.7. The van der Waals surface area contributed by atoms with Gasteiger partial charge in [-0.3, -0.25) is 9.59 Å². The van der Waals surface area contributed by atoms with E-state index < -0.39 is 5.97 Å². The van der Waals surface area contributed by atoms with Gasteiger partial charge in [0, 0.05) is 0 Å². The maximum atomic E-state index is 12.0. The number of aliphatic hydroxyl groups excluding tert-OH is 1. The van der Waals surface area contributed by atoms with Crippen LogP contribution in [0.3, 0.4) is 0 Å². The van der Waals surface area contributed by atoms with E-state index in [0.717, 1.165) is 30.6 Å². The van der Waals surface area contributed by atoms with Crippen molar-refractivity contribution >= 4 is 11.9 Å². The van der Waals surface area contributed by atoms with Crippen LogP contribution in [0.1, 0.15) is 112 Å². The zero-order chi connectivity index (χ0) is 36.2. The second kappa shape index (κ2) is 36.5. The minimum absolute atomic E-state index is 0.00643. The summed E-state index contributed by atoms with van der Waals surface area (Å²) in [6.45, 7) is 17.3. The summed E-state index contributed by atoms with van der Waals surface area (Å²) >= 11 is 0. The van der Waals surface area contributed by atoms with Crippen LogP contribution in [0.4, 0.5) is 0 Å². The molecule has 0 saturated carbocycles. The average molecular weight is 707 g/mol. The third-order valence-corrected chi connectivity index (χ3v) is 8.26. The summed E-state index contributed by atoms with van der Waals surface area (Å²) in [4.78, 5) is 23.9. The summed E-state index contributed by atoms with van der Waals surface area (Å²) in [5, 5.41) is 8.59. The van der Waals surface area contributed by atoms with E-state index >= 15 is 0 Å². The van der Waals surface area contributed by atoms with Crippen molar-refractivity contribution in [2.24, 2.45) is 23.7 Å². The molecule has 0 aromatic carbocycles. The van der Waals surface area contributed by atoms with Crippen LogP contribution in [-0.2, 0) is 47.5 Å². The first-order valence-corrected chi connectivity index (χ1v) is 19.1. The van der Waals surface area contributed by atoms with Gasteiger partial charge in [0.2, 0.25) is 0 Å². The van der Waals surface area contributed by atoms with E-state index in [1.807, 2.05) is 0 Å². The summed E-state index contributed by atoms with van der Waals surface area (Å²) in [6.07, 6.45) is 12.6. The largest absolute Gasteiger partial charge is 0.466 e. The van der Waals surface area contributed by atoms with Gasteiger partial charge in [-0.05, 0) is 30.1 Å². The smallest absolute Gasteiger partial charge is 0.306 e. The van der Waals surface area contributed by atoms with Crippen LogP contribution in [0.15, 0.2) is 0 Å². The second-order valence-corrected chi connectivity index (χ2v) is 13.6. The fourth-order valence-corrected chi connectivity index (χ4v) is 5.14. The fourth-order valence-electron chi connectivity index (χ4n) is 5.14. The summed E-state index contributed by atoms with van der Waals surface area (Å²) in [6, 6.07) is 0. The van der Waals surface area contributed by atoms with Crippen LogP contribution >= 0.6 is 0 Å². The highest BCUT2D eigenvalue weighted by atomic mass is 16.6. The second-order valence-electron chi connectivity index (χ2n) is 13.6. The number of aliphatic hydroxyl groups is 1. The van der Waals surface area contributed by atoms with Gasteiger partial charge in [0.15, 0.2) is 0 Å². The molecule has 0 spiro atoms. The normalized spacial score (nSPS) is 13.4. The maximum absolute atomic E-state index is 12.0. The Balaban J connectivity index is 3.47. The molecule has 1 unspecified atom stereocenters. The van der Waals surface area contributed by atoms with E-state index in [4.69, 9.17) is 43.0 Å². The van der Waals surface area contributed by atoms with Crippen molar-refractivity contribution in [2.45, 2.75) is 112 Å². The molecule has 0 rings (SSSR count). The van der Waals surface area contributed by atoms with Crippen LogP contribution in [0.5, 0.6) is 0 Å². The van der Waals surface area contributed by atoms with Gasteiger partial charge in [-0.2, -0.15) is 0 Å². The number of carbonyl (C=O) groups excluding carboxylic acids is 2. The predicted molar refractivity (Wildman–Crippen MR) is 192 cm³/mol. The Labute approximate surface area is 298 Å². The van der Waals surface area contributed by atoms with Crippen molar-refractivity contribution in [1.82, 2.24) is 0 Å². The lowest BCUT2D eigenvalue weighted by Crippen LogP contribution is -2.16. The zero-order valence-electron chi connectivity index (χ0n) is 31.9. The van der Waals surface area contributed by atoms with Crippen molar-refractivity contribution < 1.29 is 52.6 Å². The minimum atomic E-state index is -0.433. The lowest BCUT2D eigenvalue weighted by Gasteiger charge is -2.16. The maximum Gasteiger partial charge on any atom is 0.306 e. The summed E-state index contributed by atoms with van der Waals surface area (Å²) < 4.78 is 42.5. The van der Waals surface area contributed by atoms with Gasteiger partial charge in [0.1, 0.15) is 6.61 Å². The first-order chi connectivity index (χ1) is 23.7. The highest BCUT2D eigenvalue weighted by molar-refractivity contribution is 5.77. The molecule has 3 atom stereocenters. The van der Waals surface area contributed by atoms with Gasteiger partial charge in [0.05, 0.1) is 105 Å². The number of esters is 2. The van der Waals surface area contributed by atoms with Gasteiger partial charge < -0.3 is 43.0 Å². The highest BCUT2D eigenvalue weighted by Crippen LogP contribution is 2.22. The van der Waals surface area contributed by atoms with Gasteiger partial charge >= 0.3 is 11.9 Å². The molecule has 0 saturated heterocycles. The third-order valence-electron chi connectivity index (χ3n) is 8.26. The molecule has 0 amide bonds. The molecule has 0 fully saturated rings. The minimum Gasteiger partial charge on any atom is -0.466 e. The van der Waals surface area contributed by atoms with Gasteiger partial charge in [-0.1, -0.05) is 92.4 Å². The molecule has 1 N–H and O–H groups in total. The van der Waals surface area contributed by atoms with E-state index in [9.17, 15) is 9.59 Å². The molecule has 0 aromatic rings. The number of hydrogen-bond acceptors (Lipinski definition) is 11. The molecule has 11 heteroatoms. The van der Waals surface area contributed by atoms with Crippen molar-refractivity contribution in [3.05, 3.63) is 0 Å². The Bertz CT molecular complexity index is 722. The first-order valence-electron chi connectivity index (χ1n) is 19.1. The molecular weight excluding hydrogens is 632 g/mol. The van der Waals surface area contributed by atoms with Crippen molar-refractivity contribution in [3.8, 4) is 0 Å². The van der Waals surface area contributed by atoms with E-state index in [0.29, 0.717) is 85.2 Å². The Kier molecular flexibility index (Phi) is 35.5. The van der Waals surface area contributed by atoms with Gasteiger partial charge in [-0.25, -0.2) is 0 Å². The number of hydrogen-bond donors (Lipinski definition) is 1. The number of ether oxygens (including phenoxy) is 8. The molecule has 11 nitrogen and oxygen atoms in total. The van der Waals surface area contributed by atoms with Gasteiger partial charge in [-0.15, -0.1) is 0 Å². The molecule has 0 aliphatic rings. The van der Waals surface area contributed by atoms with E-state index in [1.54, 1.807) is 0 Å². The molecule has 292 valence electrons. The van der Waals surface area contributed by atoms with Crippen LogP contribution in [0.2, 0.25) is 0 Å². The molecule has 0 aliphatic heterocycles. The highest BCUT2D eigenvalue weighted by Gasteiger charge is 2.11. The molecule has 49 heavy (non-hydrogen) atoms.